The van der Waals surface area contributed by atoms with Gasteiger partial charge in [0.05, 0.1) is 13.1 Å². The van der Waals surface area contributed by atoms with Crippen molar-refractivity contribution >= 4 is 11.9 Å². The molecule has 102 valence electrons. The molecule has 0 atom stereocenters. The van der Waals surface area contributed by atoms with Crippen LogP contribution in [0.1, 0.15) is 32.1 Å². The highest BCUT2D eigenvalue weighted by Crippen LogP contribution is 2.21. The summed E-state index contributed by atoms with van der Waals surface area (Å²) in [5.74, 6) is 1.02. The van der Waals surface area contributed by atoms with Crippen molar-refractivity contribution in [1.29, 1.82) is 0 Å². The third-order valence-electron chi connectivity index (χ3n) is 3.97. The average molecular weight is 252 g/mol. The Hall–Kier alpha value is -1.26. The van der Waals surface area contributed by atoms with Gasteiger partial charge in [0.1, 0.15) is 0 Å². The van der Waals surface area contributed by atoms with Gasteiger partial charge in [-0.1, -0.05) is 19.3 Å². The lowest BCUT2D eigenvalue weighted by molar-refractivity contribution is -0.131. The number of amides is 1. The van der Waals surface area contributed by atoms with Gasteiger partial charge in [0.25, 0.3) is 0 Å². The van der Waals surface area contributed by atoms with Gasteiger partial charge in [-0.2, -0.15) is 0 Å². The van der Waals surface area contributed by atoms with Gasteiger partial charge < -0.3 is 15.1 Å². The fraction of sp³-hybridized carbons (Fsp3) is 0.846. The molecule has 1 N–H and O–H groups in total. The molecule has 1 aliphatic carbocycles. The second-order valence-electron chi connectivity index (χ2n) is 5.28. The first kappa shape index (κ1) is 13.2. The van der Waals surface area contributed by atoms with Crippen LogP contribution >= 0.6 is 0 Å². The zero-order valence-electron chi connectivity index (χ0n) is 11.5. The van der Waals surface area contributed by atoms with Gasteiger partial charge in [-0.05, 0) is 12.8 Å². The molecule has 1 saturated carbocycles. The standard InChI is InChI=1S/C13H24N4O/c1-16-9-8-14-13(16)15-10-12(18)17(2)11-6-4-3-5-7-11/h11H,3-10H2,1-2H3,(H,14,15). The van der Waals surface area contributed by atoms with Crippen molar-refractivity contribution in [3.05, 3.63) is 0 Å². The Labute approximate surface area is 109 Å². The number of nitrogens with one attached hydrogen (secondary N) is 1. The predicted octanol–water partition coefficient (Wildman–Crippen LogP) is 0.668. The highest BCUT2D eigenvalue weighted by atomic mass is 16.2. The summed E-state index contributed by atoms with van der Waals surface area (Å²) in [6, 6.07) is 0.441. The SMILES string of the molecule is CN1CCN=C1NCC(=O)N(C)C1CCCCC1. The highest BCUT2D eigenvalue weighted by Gasteiger charge is 2.22. The van der Waals surface area contributed by atoms with Gasteiger partial charge >= 0.3 is 0 Å². The average Bonchev–Trinajstić information content (AvgIpc) is 2.81. The summed E-state index contributed by atoms with van der Waals surface area (Å²) in [5, 5.41) is 3.14. The van der Waals surface area contributed by atoms with Crippen molar-refractivity contribution in [2.45, 2.75) is 38.1 Å². The van der Waals surface area contributed by atoms with E-state index in [0.717, 1.165) is 31.9 Å². The van der Waals surface area contributed by atoms with Crippen LogP contribution in [0.2, 0.25) is 0 Å². The van der Waals surface area contributed by atoms with Gasteiger partial charge in [-0.15, -0.1) is 0 Å². The van der Waals surface area contributed by atoms with Crippen molar-refractivity contribution < 1.29 is 4.79 Å². The van der Waals surface area contributed by atoms with E-state index in [0.29, 0.717) is 12.6 Å². The molecule has 1 amide bonds. The minimum atomic E-state index is 0.171. The molecule has 0 aromatic rings. The summed E-state index contributed by atoms with van der Waals surface area (Å²) in [6.45, 7) is 2.12. The first-order valence-corrected chi connectivity index (χ1v) is 6.93. The van der Waals surface area contributed by atoms with Crippen LogP contribution in [-0.2, 0) is 4.79 Å². The first-order valence-electron chi connectivity index (χ1n) is 6.93. The van der Waals surface area contributed by atoms with Crippen LogP contribution in [0.15, 0.2) is 4.99 Å². The van der Waals surface area contributed by atoms with Crippen LogP contribution in [0, 0.1) is 0 Å². The molecule has 5 heteroatoms. The Morgan fingerprint density at radius 2 is 2.17 bits per heavy atom. The Morgan fingerprint density at radius 1 is 1.44 bits per heavy atom. The van der Waals surface area contributed by atoms with Crippen LogP contribution in [0.5, 0.6) is 0 Å². The summed E-state index contributed by atoms with van der Waals surface area (Å²) in [6.07, 6.45) is 6.14. The third kappa shape index (κ3) is 3.15. The van der Waals surface area contributed by atoms with E-state index in [-0.39, 0.29) is 5.91 Å². The number of carbonyl (C=O) groups excluding carboxylic acids is 1. The lowest BCUT2D eigenvalue weighted by Crippen LogP contribution is -2.46. The van der Waals surface area contributed by atoms with E-state index in [2.05, 4.69) is 10.3 Å². The minimum Gasteiger partial charge on any atom is -0.347 e. The van der Waals surface area contributed by atoms with Crippen molar-refractivity contribution in [3.8, 4) is 0 Å². The Morgan fingerprint density at radius 3 is 2.78 bits per heavy atom. The molecule has 0 radical (unpaired) electrons. The van der Waals surface area contributed by atoms with Crippen LogP contribution in [0.25, 0.3) is 0 Å². The van der Waals surface area contributed by atoms with E-state index < -0.39 is 0 Å². The molecular formula is C13H24N4O. The van der Waals surface area contributed by atoms with E-state index in [4.69, 9.17) is 0 Å². The molecule has 0 aromatic heterocycles. The first-order chi connectivity index (χ1) is 8.68. The number of nitrogens with zero attached hydrogens (tertiary/aromatic N) is 3. The molecule has 0 aromatic carbocycles. The minimum absolute atomic E-state index is 0.171. The number of likely N-dealkylation sites (N-methyl/N-ethyl adjacent to an activating group) is 2. The van der Waals surface area contributed by atoms with Crippen molar-refractivity contribution in [2.24, 2.45) is 4.99 Å². The van der Waals surface area contributed by atoms with Crippen molar-refractivity contribution in [3.63, 3.8) is 0 Å². The molecule has 18 heavy (non-hydrogen) atoms. The Balaban J connectivity index is 1.76. The molecule has 1 heterocycles. The van der Waals surface area contributed by atoms with Crippen LogP contribution in [-0.4, -0.2) is 61.4 Å². The maximum absolute atomic E-state index is 12.1. The molecule has 0 bridgehead atoms. The molecule has 1 fully saturated rings. The zero-order valence-corrected chi connectivity index (χ0v) is 11.5. The molecule has 5 nitrogen and oxygen atoms in total. The van der Waals surface area contributed by atoms with Gasteiger partial charge in [-0.25, -0.2) is 0 Å². The van der Waals surface area contributed by atoms with Crippen LogP contribution in [0.3, 0.4) is 0 Å². The normalized spacial score (nSPS) is 20.8. The molecule has 2 aliphatic rings. The molecule has 2 rings (SSSR count). The van der Waals surface area contributed by atoms with E-state index in [1.807, 2.05) is 23.9 Å². The fourth-order valence-corrected chi connectivity index (χ4v) is 2.67. The predicted molar refractivity (Wildman–Crippen MR) is 72.6 cm³/mol. The number of aliphatic imine (C=N–C) groups is 1. The summed E-state index contributed by atoms with van der Waals surface area (Å²) >= 11 is 0. The molecule has 0 spiro atoms. The third-order valence-corrected chi connectivity index (χ3v) is 3.97. The Kier molecular flexibility index (Phi) is 4.44. The summed E-state index contributed by atoms with van der Waals surface area (Å²) in [4.78, 5) is 20.4. The van der Waals surface area contributed by atoms with Crippen LogP contribution < -0.4 is 5.32 Å². The largest absolute Gasteiger partial charge is 0.347 e. The van der Waals surface area contributed by atoms with Crippen molar-refractivity contribution in [1.82, 2.24) is 15.1 Å². The molecular weight excluding hydrogens is 228 g/mol. The monoisotopic (exact) mass is 252 g/mol. The van der Waals surface area contributed by atoms with E-state index in [9.17, 15) is 4.79 Å². The second-order valence-corrected chi connectivity index (χ2v) is 5.28. The lowest BCUT2D eigenvalue weighted by Gasteiger charge is -2.31. The Bertz CT molecular complexity index is 323. The van der Waals surface area contributed by atoms with Crippen molar-refractivity contribution in [2.75, 3.05) is 33.7 Å². The highest BCUT2D eigenvalue weighted by molar-refractivity contribution is 5.87. The summed E-state index contributed by atoms with van der Waals surface area (Å²) in [5.41, 5.74) is 0. The number of rotatable bonds is 3. The van der Waals surface area contributed by atoms with Gasteiger partial charge in [0.15, 0.2) is 5.96 Å². The number of guanidine groups is 1. The molecule has 1 aliphatic heterocycles. The number of hydrogen-bond donors (Lipinski definition) is 1. The summed E-state index contributed by atoms with van der Waals surface area (Å²) in [7, 11) is 3.92. The zero-order chi connectivity index (χ0) is 13.0. The smallest absolute Gasteiger partial charge is 0.241 e. The number of hydrogen-bond acceptors (Lipinski definition) is 4. The van der Waals surface area contributed by atoms with E-state index in [1.165, 1.54) is 19.3 Å². The number of carbonyl (C=O) groups is 1. The summed E-state index contributed by atoms with van der Waals surface area (Å²) < 4.78 is 0. The van der Waals surface area contributed by atoms with Crippen LogP contribution in [0.4, 0.5) is 0 Å². The van der Waals surface area contributed by atoms with Gasteiger partial charge in [-0.3, -0.25) is 9.79 Å². The lowest BCUT2D eigenvalue weighted by atomic mass is 9.94. The van der Waals surface area contributed by atoms with E-state index in [1.54, 1.807) is 0 Å². The topological polar surface area (TPSA) is 47.9 Å². The van der Waals surface area contributed by atoms with Gasteiger partial charge in [0, 0.05) is 26.7 Å². The maximum atomic E-state index is 12.1. The molecule has 0 saturated heterocycles. The second kappa shape index (κ2) is 6.07. The molecule has 0 unspecified atom stereocenters. The van der Waals surface area contributed by atoms with Gasteiger partial charge in [0.2, 0.25) is 5.91 Å². The quantitative estimate of drug-likeness (QED) is 0.803. The maximum Gasteiger partial charge on any atom is 0.241 e. The fourth-order valence-electron chi connectivity index (χ4n) is 2.67. The van der Waals surface area contributed by atoms with E-state index >= 15 is 0 Å².